The van der Waals surface area contributed by atoms with Crippen molar-refractivity contribution in [3.05, 3.63) is 23.9 Å². The second kappa shape index (κ2) is 7.41. The molecule has 0 aromatic carbocycles. The number of nitrogens with zero attached hydrogens (tertiary/aromatic N) is 2. The molecule has 0 spiro atoms. The van der Waals surface area contributed by atoms with Crippen LogP contribution < -0.4 is 10.6 Å². The summed E-state index contributed by atoms with van der Waals surface area (Å²) in [5.74, 6) is 1.12. The largest absolute Gasteiger partial charge is 0.369 e. The Morgan fingerprint density at radius 1 is 1.52 bits per heavy atom. The first kappa shape index (κ1) is 15.8. The fourth-order valence-corrected chi connectivity index (χ4v) is 2.79. The molecule has 21 heavy (non-hydrogen) atoms. The van der Waals surface area contributed by atoms with E-state index in [1.807, 2.05) is 12.1 Å². The summed E-state index contributed by atoms with van der Waals surface area (Å²) >= 11 is 0. The lowest BCUT2D eigenvalue weighted by molar-refractivity contribution is 0.0884. The first-order valence-electron chi connectivity index (χ1n) is 7.80. The van der Waals surface area contributed by atoms with Gasteiger partial charge in [-0.1, -0.05) is 13.8 Å². The van der Waals surface area contributed by atoms with Crippen molar-refractivity contribution in [3.63, 3.8) is 0 Å². The van der Waals surface area contributed by atoms with Crippen LogP contribution in [0.3, 0.4) is 0 Å². The van der Waals surface area contributed by atoms with Gasteiger partial charge in [0.2, 0.25) is 0 Å². The highest BCUT2D eigenvalue weighted by Gasteiger charge is 2.26. The van der Waals surface area contributed by atoms with Gasteiger partial charge in [0.05, 0.1) is 5.56 Å². The normalized spacial score (nSPS) is 22.8. The molecule has 2 unspecified atom stereocenters. The van der Waals surface area contributed by atoms with E-state index < -0.39 is 0 Å². The molecule has 1 saturated heterocycles. The fourth-order valence-electron chi connectivity index (χ4n) is 2.79. The molecule has 2 atom stereocenters. The molecule has 0 saturated carbocycles. The molecule has 0 radical (unpaired) electrons. The molecule has 1 aliphatic heterocycles. The number of nitrogens with one attached hydrogen (secondary N) is 2. The van der Waals surface area contributed by atoms with Crippen LogP contribution in [-0.4, -0.2) is 48.5 Å². The fraction of sp³-hybridized carbons (Fsp3) is 0.625. The maximum Gasteiger partial charge on any atom is 0.255 e. The molecule has 2 rings (SSSR count). The molecular weight excluding hydrogens is 264 g/mol. The third kappa shape index (κ3) is 4.17. The molecule has 5 heteroatoms. The van der Waals surface area contributed by atoms with Gasteiger partial charge in [-0.05, 0) is 44.5 Å². The molecule has 2 N–H and O–H groups in total. The maximum absolute atomic E-state index is 12.5. The summed E-state index contributed by atoms with van der Waals surface area (Å²) in [6.07, 6.45) is 3.72. The lowest BCUT2D eigenvalue weighted by atomic mass is 9.94. The zero-order chi connectivity index (χ0) is 15.2. The van der Waals surface area contributed by atoms with Gasteiger partial charge in [-0.3, -0.25) is 4.79 Å². The van der Waals surface area contributed by atoms with Crippen molar-refractivity contribution in [2.45, 2.75) is 32.7 Å². The Hall–Kier alpha value is -1.62. The van der Waals surface area contributed by atoms with Crippen LogP contribution >= 0.6 is 0 Å². The van der Waals surface area contributed by atoms with E-state index in [1.54, 1.807) is 6.20 Å². The van der Waals surface area contributed by atoms with Gasteiger partial charge in [0.1, 0.15) is 5.82 Å². The molecule has 1 amide bonds. The van der Waals surface area contributed by atoms with Crippen LogP contribution in [0.25, 0.3) is 0 Å². The van der Waals surface area contributed by atoms with Crippen LogP contribution in [0.2, 0.25) is 0 Å². The van der Waals surface area contributed by atoms with Crippen molar-refractivity contribution in [3.8, 4) is 0 Å². The molecule has 5 nitrogen and oxygen atoms in total. The Morgan fingerprint density at radius 2 is 2.33 bits per heavy atom. The number of aromatic nitrogens is 1. The minimum atomic E-state index is -0.0249. The number of likely N-dealkylation sites (tertiary alicyclic amines) is 1. The Balaban J connectivity index is 2.03. The van der Waals surface area contributed by atoms with Crippen LogP contribution in [0.1, 0.15) is 37.0 Å². The Morgan fingerprint density at radius 3 is 3.05 bits per heavy atom. The van der Waals surface area contributed by atoms with E-state index >= 15 is 0 Å². The molecular formula is C16H26N4O. The number of carbonyl (C=O) groups excluding carboxylic acids is 1. The predicted molar refractivity (Wildman–Crippen MR) is 85.5 cm³/mol. The summed E-state index contributed by atoms with van der Waals surface area (Å²) in [6.45, 7) is 7.17. The standard InChI is InChI=1S/C16H26N4O/c1-4-8-17-15-13(6-5-9-18-15)16(21)19-14-7-10-20(3)11-12(14)2/h5-6,9,12,14H,4,7-8,10-11H2,1-3H3,(H,17,18)(H,19,21). The van der Waals surface area contributed by atoms with E-state index in [1.165, 1.54) is 0 Å². The second-order valence-electron chi connectivity index (χ2n) is 5.93. The van der Waals surface area contributed by atoms with E-state index in [0.717, 1.165) is 32.5 Å². The summed E-state index contributed by atoms with van der Waals surface area (Å²) in [4.78, 5) is 19.1. The van der Waals surface area contributed by atoms with Crippen LogP contribution in [0.15, 0.2) is 18.3 Å². The van der Waals surface area contributed by atoms with Crippen LogP contribution in [0.4, 0.5) is 5.82 Å². The van der Waals surface area contributed by atoms with E-state index in [-0.39, 0.29) is 11.9 Å². The Labute approximate surface area is 127 Å². The van der Waals surface area contributed by atoms with Crippen LogP contribution in [0.5, 0.6) is 0 Å². The van der Waals surface area contributed by atoms with E-state index in [2.05, 4.69) is 41.4 Å². The SMILES string of the molecule is CCCNc1ncccc1C(=O)NC1CCN(C)CC1C. The zero-order valence-electron chi connectivity index (χ0n) is 13.2. The van der Waals surface area contributed by atoms with Gasteiger partial charge in [0.25, 0.3) is 5.91 Å². The molecule has 1 aromatic rings. The molecule has 1 aromatic heterocycles. The van der Waals surface area contributed by atoms with Crippen molar-refractivity contribution in [1.29, 1.82) is 0 Å². The minimum absolute atomic E-state index is 0.0249. The monoisotopic (exact) mass is 290 g/mol. The van der Waals surface area contributed by atoms with E-state index in [4.69, 9.17) is 0 Å². The average molecular weight is 290 g/mol. The first-order valence-corrected chi connectivity index (χ1v) is 7.80. The lowest BCUT2D eigenvalue weighted by Gasteiger charge is -2.35. The maximum atomic E-state index is 12.5. The van der Waals surface area contributed by atoms with Gasteiger partial charge in [0, 0.05) is 25.3 Å². The second-order valence-corrected chi connectivity index (χ2v) is 5.93. The number of carbonyl (C=O) groups is 1. The van der Waals surface area contributed by atoms with Gasteiger partial charge < -0.3 is 15.5 Å². The highest BCUT2D eigenvalue weighted by molar-refractivity contribution is 5.98. The van der Waals surface area contributed by atoms with Gasteiger partial charge in [-0.15, -0.1) is 0 Å². The average Bonchev–Trinajstić information content (AvgIpc) is 2.48. The minimum Gasteiger partial charge on any atom is -0.369 e. The summed E-state index contributed by atoms with van der Waals surface area (Å²) in [6, 6.07) is 3.89. The lowest BCUT2D eigenvalue weighted by Crippen LogP contribution is -2.49. The van der Waals surface area contributed by atoms with Crippen molar-refractivity contribution >= 4 is 11.7 Å². The molecule has 0 bridgehead atoms. The number of hydrogen-bond acceptors (Lipinski definition) is 4. The Kier molecular flexibility index (Phi) is 5.56. The van der Waals surface area contributed by atoms with Crippen molar-refractivity contribution < 1.29 is 4.79 Å². The summed E-state index contributed by atoms with van der Waals surface area (Å²) in [7, 11) is 2.13. The topological polar surface area (TPSA) is 57.3 Å². The number of rotatable bonds is 5. The highest BCUT2D eigenvalue weighted by Crippen LogP contribution is 2.17. The van der Waals surface area contributed by atoms with Gasteiger partial charge >= 0.3 is 0 Å². The van der Waals surface area contributed by atoms with Gasteiger partial charge in [-0.25, -0.2) is 4.98 Å². The van der Waals surface area contributed by atoms with Crippen molar-refractivity contribution in [2.75, 3.05) is 32.0 Å². The molecule has 0 aliphatic carbocycles. The number of anilines is 1. The quantitative estimate of drug-likeness (QED) is 0.870. The number of hydrogen-bond donors (Lipinski definition) is 2. The number of pyridine rings is 1. The number of piperidine rings is 1. The first-order chi connectivity index (χ1) is 10.1. The van der Waals surface area contributed by atoms with E-state index in [0.29, 0.717) is 17.3 Å². The molecule has 1 fully saturated rings. The van der Waals surface area contributed by atoms with E-state index in [9.17, 15) is 4.79 Å². The number of amides is 1. The van der Waals surface area contributed by atoms with Crippen LogP contribution in [0, 0.1) is 5.92 Å². The summed E-state index contributed by atoms with van der Waals surface area (Å²) < 4.78 is 0. The van der Waals surface area contributed by atoms with Crippen molar-refractivity contribution in [1.82, 2.24) is 15.2 Å². The van der Waals surface area contributed by atoms with Crippen LogP contribution in [-0.2, 0) is 0 Å². The smallest absolute Gasteiger partial charge is 0.255 e. The molecule has 1 aliphatic rings. The third-order valence-corrected chi connectivity index (χ3v) is 4.02. The van der Waals surface area contributed by atoms with Gasteiger partial charge in [0.15, 0.2) is 0 Å². The predicted octanol–water partition coefficient (Wildman–Crippen LogP) is 1.97. The van der Waals surface area contributed by atoms with Gasteiger partial charge in [-0.2, -0.15) is 0 Å². The molecule has 2 heterocycles. The third-order valence-electron chi connectivity index (χ3n) is 4.02. The Bertz CT molecular complexity index is 477. The molecule has 116 valence electrons. The highest BCUT2D eigenvalue weighted by atomic mass is 16.1. The summed E-state index contributed by atoms with van der Waals surface area (Å²) in [5.41, 5.74) is 0.636. The van der Waals surface area contributed by atoms with Crippen molar-refractivity contribution in [2.24, 2.45) is 5.92 Å². The zero-order valence-corrected chi connectivity index (χ0v) is 13.2. The summed E-state index contributed by atoms with van der Waals surface area (Å²) in [5, 5.41) is 6.40.